The molecule has 206 valence electrons. The van der Waals surface area contributed by atoms with Crippen molar-refractivity contribution in [2.24, 2.45) is 4.99 Å². The van der Waals surface area contributed by atoms with Crippen LogP contribution >= 0.6 is 12.2 Å². The highest BCUT2D eigenvalue weighted by molar-refractivity contribution is 7.80. The van der Waals surface area contributed by atoms with Crippen LogP contribution in [0, 0.1) is 0 Å². The number of aliphatic imine (C=N–C) groups is 1. The first kappa shape index (κ1) is 28.4. The summed E-state index contributed by atoms with van der Waals surface area (Å²) in [6, 6.07) is 19.8. The maximum absolute atomic E-state index is 12.4. The number of para-hydroxylation sites is 1. The second-order valence-electron chi connectivity index (χ2n) is 8.89. The molecule has 40 heavy (non-hydrogen) atoms. The zero-order valence-corrected chi connectivity index (χ0v) is 22.3. The zero-order valence-electron chi connectivity index (χ0n) is 21.5. The highest BCUT2D eigenvalue weighted by atomic mass is 32.1. The van der Waals surface area contributed by atoms with Crippen LogP contribution in [0.25, 0.3) is 17.1 Å². The molecule has 4 aromatic rings. The lowest BCUT2D eigenvalue weighted by Gasteiger charge is -2.14. The monoisotopic (exact) mass is 566 g/mol. The van der Waals surface area contributed by atoms with Crippen molar-refractivity contribution in [1.82, 2.24) is 20.1 Å². The Balaban J connectivity index is 1.29. The van der Waals surface area contributed by atoms with Crippen molar-refractivity contribution >= 4 is 35.3 Å². The molecule has 0 atom stereocenters. The minimum Gasteiger partial charge on any atom is -0.406 e. The Kier molecular flexibility index (Phi) is 8.90. The van der Waals surface area contributed by atoms with Crippen LogP contribution < -0.4 is 15.4 Å². The zero-order chi connectivity index (χ0) is 28.7. The lowest BCUT2D eigenvalue weighted by Crippen LogP contribution is -2.32. The van der Waals surface area contributed by atoms with Gasteiger partial charge in [-0.1, -0.05) is 56.3 Å². The van der Waals surface area contributed by atoms with Crippen LogP contribution in [0.1, 0.15) is 30.9 Å². The number of aromatic nitrogens is 3. The normalized spacial score (nSPS) is 11.6. The molecule has 0 unspecified atom stereocenters. The van der Waals surface area contributed by atoms with Crippen LogP contribution in [0.4, 0.5) is 23.7 Å². The summed E-state index contributed by atoms with van der Waals surface area (Å²) < 4.78 is 42.4. The molecule has 0 fully saturated rings. The summed E-state index contributed by atoms with van der Waals surface area (Å²) in [6.07, 6.45) is -1.38. The third-order valence-corrected chi connectivity index (χ3v) is 5.83. The van der Waals surface area contributed by atoms with Gasteiger partial charge in [-0.15, -0.1) is 18.3 Å². The molecule has 2 N–H and O–H groups in total. The second-order valence-corrected chi connectivity index (χ2v) is 9.30. The van der Waals surface area contributed by atoms with E-state index in [0.29, 0.717) is 23.9 Å². The van der Waals surface area contributed by atoms with Crippen molar-refractivity contribution in [3.05, 3.63) is 90.3 Å². The van der Waals surface area contributed by atoms with Crippen LogP contribution in [0.2, 0.25) is 0 Å². The number of alkyl halides is 3. The largest absolute Gasteiger partial charge is 0.573 e. The van der Waals surface area contributed by atoms with Gasteiger partial charge < -0.3 is 10.1 Å². The molecule has 8 nitrogen and oxygen atoms in total. The number of carbonyl (C=O) groups excluding carboxylic acids is 1. The van der Waals surface area contributed by atoms with Crippen LogP contribution in [-0.2, 0) is 6.42 Å². The summed E-state index contributed by atoms with van der Waals surface area (Å²) in [6.45, 7) is 4.15. The summed E-state index contributed by atoms with van der Waals surface area (Å²) in [5.41, 5.74) is 4.10. The SMILES string of the molecule is CC(C)c1ccccc1NC(=S)NC(=O)N=CCc1ccc(-c2ncn(-c3ccc(OC(F)(F)F)cc3)n2)cc1. The third kappa shape index (κ3) is 7.96. The number of nitrogens with one attached hydrogen (secondary N) is 2. The molecule has 0 saturated heterocycles. The van der Waals surface area contributed by atoms with Gasteiger partial charge in [0, 0.05) is 23.9 Å². The second kappa shape index (κ2) is 12.5. The van der Waals surface area contributed by atoms with Crippen LogP contribution in [-0.4, -0.2) is 38.5 Å². The van der Waals surface area contributed by atoms with E-state index >= 15 is 0 Å². The molecule has 3 aromatic carbocycles. The quantitative estimate of drug-likeness (QED) is 0.192. The Hall–Kier alpha value is -4.58. The van der Waals surface area contributed by atoms with Crippen LogP contribution in [0.5, 0.6) is 5.75 Å². The Morgan fingerprint density at radius 2 is 1.77 bits per heavy atom. The molecular formula is C28H25F3N6O2S. The molecule has 0 radical (unpaired) electrons. The van der Waals surface area contributed by atoms with Crippen LogP contribution in [0.3, 0.4) is 0 Å². The Labute approximate surface area is 233 Å². The average Bonchev–Trinajstić information content (AvgIpc) is 3.39. The summed E-state index contributed by atoms with van der Waals surface area (Å²) in [7, 11) is 0. The van der Waals surface area contributed by atoms with Gasteiger partial charge in [-0.05, 0) is 59.6 Å². The number of urea groups is 1. The van der Waals surface area contributed by atoms with E-state index in [9.17, 15) is 18.0 Å². The number of rotatable bonds is 7. The predicted octanol–water partition coefficient (Wildman–Crippen LogP) is 6.68. The number of ether oxygens (including phenoxy) is 1. The number of anilines is 1. The Morgan fingerprint density at radius 1 is 1.07 bits per heavy atom. The van der Waals surface area contributed by atoms with Crippen molar-refractivity contribution in [2.45, 2.75) is 32.5 Å². The van der Waals surface area contributed by atoms with Gasteiger partial charge in [0.25, 0.3) is 0 Å². The molecule has 2 amide bonds. The van der Waals surface area contributed by atoms with Gasteiger partial charge in [-0.2, -0.15) is 0 Å². The van der Waals surface area contributed by atoms with Crippen molar-refractivity contribution in [1.29, 1.82) is 0 Å². The maximum atomic E-state index is 12.4. The lowest BCUT2D eigenvalue weighted by atomic mass is 10.0. The number of hydrogen-bond donors (Lipinski definition) is 2. The van der Waals surface area contributed by atoms with Crippen molar-refractivity contribution in [3.63, 3.8) is 0 Å². The van der Waals surface area contributed by atoms with Gasteiger partial charge in [0.15, 0.2) is 10.9 Å². The van der Waals surface area contributed by atoms with E-state index < -0.39 is 12.4 Å². The molecular weight excluding hydrogens is 541 g/mol. The minimum atomic E-state index is -4.75. The molecule has 0 saturated carbocycles. The number of amides is 2. The summed E-state index contributed by atoms with van der Waals surface area (Å²) in [4.78, 5) is 20.4. The fourth-order valence-electron chi connectivity index (χ4n) is 3.74. The van der Waals surface area contributed by atoms with Gasteiger partial charge in [0.1, 0.15) is 12.1 Å². The smallest absolute Gasteiger partial charge is 0.406 e. The molecule has 0 bridgehead atoms. The number of carbonyl (C=O) groups is 1. The average molecular weight is 567 g/mol. The van der Waals surface area contributed by atoms with E-state index in [4.69, 9.17) is 12.2 Å². The van der Waals surface area contributed by atoms with E-state index in [1.165, 1.54) is 41.5 Å². The van der Waals surface area contributed by atoms with Gasteiger partial charge in [0.2, 0.25) is 0 Å². The summed E-state index contributed by atoms with van der Waals surface area (Å²) in [5.74, 6) is 0.413. The highest BCUT2D eigenvalue weighted by Gasteiger charge is 2.31. The highest BCUT2D eigenvalue weighted by Crippen LogP contribution is 2.25. The molecule has 4 rings (SSSR count). The fourth-order valence-corrected chi connectivity index (χ4v) is 3.94. The lowest BCUT2D eigenvalue weighted by molar-refractivity contribution is -0.274. The van der Waals surface area contributed by atoms with E-state index in [0.717, 1.165) is 22.4 Å². The predicted molar refractivity (Wildman–Crippen MR) is 151 cm³/mol. The van der Waals surface area contributed by atoms with E-state index in [1.54, 1.807) is 0 Å². The number of nitrogens with zero attached hydrogens (tertiary/aromatic N) is 4. The Bertz CT molecular complexity index is 1500. The van der Waals surface area contributed by atoms with Crippen LogP contribution in [0.15, 0.2) is 84.1 Å². The van der Waals surface area contributed by atoms with Gasteiger partial charge in [-0.3, -0.25) is 5.32 Å². The third-order valence-electron chi connectivity index (χ3n) is 5.63. The molecule has 12 heteroatoms. The molecule has 0 aliphatic rings. The first-order chi connectivity index (χ1) is 19.1. The van der Waals surface area contributed by atoms with E-state index in [1.807, 2.05) is 48.5 Å². The number of benzene rings is 3. The number of halogens is 3. The standard InChI is InChI=1S/C28H25F3N6O2S/c1-18(2)23-5-3-4-6-24(23)34-27(40)35-26(38)32-16-15-19-7-9-20(10-8-19)25-33-17-37(36-25)21-11-13-22(14-12-21)39-28(29,30)31/h3-14,16-18H,15H2,1-2H3,(H2,34,35,38,40). The first-order valence-corrected chi connectivity index (χ1v) is 12.6. The molecule has 0 spiro atoms. The minimum absolute atomic E-state index is 0.164. The van der Waals surface area contributed by atoms with E-state index in [2.05, 4.69) is 44.3 Å². The first-order valence-electron chi connectivity index (χ1n) is 12.2. The fraction of sp³-hybridized carbons (Fsp3) is 0.179. The summed E-state index contributed by atoms with van der Waals surface area (Å²) >= 11 is 5.24. The van der Waals surface area contributed by atoms with Crippen molar-refractivity contribution in [2.75, 3.05) is 5.32 Å². The number of hydrogen-bond acceptors (Lipinski definition) is 5. The maximum Gasteiger partial charge on any atom is 0.573 e. The number of thiocarbonyl (C=S) groups is 1. The topological polar surface area (TPSA) is 93.4 Å². The van der Waals surface area contributed by atoms with E-state index in [-0.39, 0.29) is 10.9 Å². The van der Waals surface area contributed by atoms with Gasteiger partial charge in [0.05, 0.1) is 5.69 Å². The Morgan fingerprint density at radius 3 is 2.45 bits per heavy atom. The van der Waals surface area contributed by atoms with Gasteiger partial charge in [-0.25, -0.2) is 19.5 Å². The molecule has 1 aromatic heterocycles. The van der Waals surface area contributed by atoms with Gasteiger partial charge >= 0.3 is 12.4 Å². The molecule has 0 aliphatic carbocycles. The summed E-state index contributed by atoms with van der Waals surface area (Å²) in [5, 5.41) is 10.1. The van der Waals surface area contributed by atoms with Crippen molar-refractivity contribution in [3.8, 4) is 22.8 Å². The van der Waals surface area contributed by atoms with Crippen molar-refractivity contribution < 1.29 is 22.7 Å². The molecule has 0 aliphatic heterocycles. The molecule has 1 heterocycles.